The van der Waals surface area contributed by atoms with Gasteiger partial charge in [0, 0.05) is 6.20 Å². The molecule has 7 heteroatoms. The van der Waals surface area contributed by atoms with E-state index in [9.17, 15) is 9.90 Å². The lowest BCUT2D eigenvalue weighted by Crippen LogP contribution is -2.27. The maximum absolute atomic E-state index is 12.8. The van der Waals surface area contributed by atoms with Gasteiger partial charge in [0.2, 0.25) is 0 Å². The number of nitrogens with zero attached hydrogens (tertiary/aromatic N) is 5. The second kappa shape index (κ2) is 5.60. The summed E-state index contributed by atoms with van der Waals surface area (Å²) >= 11 is 0. The van der Waals surface area contributed by atoms with Crippen LogP contribution in [0.4, 0.5) is 0 Å². The lowest BCUT2D eigenvalue weighted by molar-refractivity contribution is 0.0111. The number of hydrogen-bond acceptors (Lipinski definition) is 5. The molecule has 2 aliphatic rings. The van der Waals surface area contributed by atoms with Crippen molar-refractivity contribution in [2.45, 2.75) is 44.8 Å². The van der Waals surface area contributed by atoms with Gasteiger partial charge >= 0.3 is 0 Å². The molecule has 0 aromatic carbocycles. The molecule has 1 saturated carbocycles. The fourth-order valence-corrected chi connectivity index (χ4v) is 4.21. The Morgan fingerprint density at radius 3 is 2.93 bits per heavy atom. The third-order valence-corrected chi connectivity index (χ3v) is 5.72. The molecule has 138 valence electrons. The first-order valence-corrected chi connectivity index (χ1v) is 9.32. The maximum Gasteiger partial charge on any atom is 0.278 e. The van der Waals surface area contributed by atoms with Crippen molar-refractivity contribution in [3.05, 3.63) is 58.4 Å². The van der Waals surface area contributed by atoms with E-state index >= 15 is 0 Å². The van der Waals surface area contributed by atoms with E-state index in [1.807, 2.05) is 12.1 Å². The number of aliphatic hydroxyl groups is 1. The summed E-state index contributed by atoms with van der Waals surface area (Å²) in [5, 5.41) is 11.7. The van der Waals surface area contributed by atoms with E-state index in [0.29, 0.717) is 35.1 Å². The molecule has 0 bridgehead atoms. The van der Waals surface area contributed by atoms with Crippen LogP contribution in [0.25, 0.3) is 16.9 Å². The van der Waals surface area contributed by atoms with E-state index in [1.54, 1.807) is 28.6 Å². The third kappa shape index (κ3) is 2.31. The number of hydrogen-bond donors (Lipinski definition) is 1. The fourth-order valence-electron chi connectivity index (χ4n) is 4.21. The Morgan fingerprint density at radius 2 is 2.19 bits per heavy atom. The van der Waals surface area contributed by atoms with Crippen molar-refractivity contribution in [2.24, 2.45) is 5.92 Å². The number of aromatic nitrogens is 5. The molecule has 3 heterocycles. The summed E-state index contributed by atoms with van der Waals surface area (Å²) in [5.74, 6) is 1.47. The number of fused-ring (bicyclic) bond motifs is 2. The van der Waals surface area contributed by atoms with Crippen molar-refractivity contribution < 1.29 is 5.11 Å². The molecule has 1 N–H and O–H groups in total. The largest absolute Gasteiger partial charge is 0.383 e. The molecule has 5 rings (SSSR count). The Labute approximate surface area is 156 Å². The van der Waals surface area contributed by atoms with Crippen LogP contribution in [0.1, 0.15) is 36.3 Å². The molecule has 27 heavy (non-hydrogen) atoms. The van der Waals surface area contributed by atoms with Crippen LogP contribution in [-0.4, -0.2) is 29.4 Å². The van der Waals surface area contributed by atoms with E-state index in [2.05, 4.69) is 16.5 Å². The highest BCUT2D eigenvalue weighted by Crippen LogP contribution is 2.51. The summed E-state index contributed by atoms with van der Waals surface area (Å²) in [4.78, 5) is 26.3. The van der Waals surface area contributed by atoms with Crippen molar-refractivity contribution in [3.8, 4) is 5.82 Å². The highest BCUT2D eigenvalue weighted by Gasteiger charge is 2.50. The minimum atomic E-state index is -0.844. The first-order chi connectivity index (χ1) is 13.0. The molecule has 1 fully saturated rings. The van der Waals surface area contributed by atoms with Gasteiger partial charge in [0.15, 0.2) is 11.5 Å². The monoisotopic (exact) mass is 363 g/mol. The Hall–Kier alpha value is -2.80. The lowest BCUT2D eigenvalue weighted by Gasteiger charge is -2.23. The second-order valence-electron chi connectivity index (χ2n) is 7.52. The van der Waals surface area contributed by atoms with E-state index in [4.69, 9.17) is 4.98 Å². The van der Waals surface area contributed by atoms with Crippen molar-refractivity contribution in [1.29, 1.82) is 0 Å². The van der Waals surface area contributed by atoms with Crippen LogP contribution in [-0.2, 0) is 18.6 Å². The van der Waals surface area contributed by atoms with Gasteiger partial charge in [0.1, 0.15) is 16.8 Å². The van der Waals surface area contributed by atoms with Gasteiger partial charge in [-0.3, -0.25) is 4.79 Å². The fraction of sp³-hybridized carbons (Fsp3) is 0.400. The molecule has 0 saturated heterocycles. The van der Waals surface area contributed by atoms with Gasteiger partial charge in [-0.25, -0.2) is 24.3 Å². The van der Waals surface area contributed by atoms with Crippen LogP contribution in [0.15, 0.2) is 35.8 Å². The third-order valence-electron chi connectivity index (χ3n) is 5.72. The van der Waals surface area contributed by atoms with Gasteiger partial charge in [0.05, 0.1) is 12.2 Å². The Balaban J connectivity index is 1.77. The summed E-state index contributed by atoms with van der Waals surface area (Å²) in [7, 11) is 0. The quantitative estimate of drug-likeness (QED) is 0.717. The Bertz CT molecular complexity index is 1140. The molecule has 2 aliphatic carbocycles. The molecule has 0 aliphatic heterocycles. The molecule has 0 amide bonds. The molecule has 7 nitrogen and oxygen atoms in total. The van der Waals surface area contributed by atoms with Crippen LogP contribution < -0.4 is 5.56 Å². The van der Waals surface area contributed by atoms with Crippen LogP contribution in [0.5, 0.6) is 0 Å². The topological polar surface area (TPSA) is 85.8 Å². The van der Waals surface area contributed by atoms with Gasteiger partial charge in [0.25, 0.3) is 5.56 Å². The maximum atomic E-state index is 12.8. The molecule has 3 aromatic rings. The summed E-state index contributed by atoms with van der Waals surface area (Å²) in [5.41, 5.74) is 1.35. The van der Waals surface area contributed by atoms with Crippen LogP contribution >= 0.6 is 0 Å². The van der Waals surface area contributed by atoms with Gasteiger partial charge in [-0.15, -0.1) is 6.58 Å². The van der Waals surface area contributed by atoms with E-state index < -0.39 is 5.60 Å². The van der Waals surface area contributed by atoms with Crippen molar-refractivity contribution in [3.63, 3.8) is 0 Å². The first-order valence-electron chi connectivity index (χ1n) is 9.32. The average Bonchev–Trinajstić information content (AvgIpc) is 3.42. The van der Waals surface area contributed by atoms with Gasteiger partial charge in [-0.1, -0.05) is 12.1 Å². The van der Waals surface area contributed by atoms with E-state index in [-0.39, 0.29) is 5.56 Å². The number of rotatable bonds is 4. The summed E-state index contributed by atoms with van der Waals surface area (Å²) < 4.78 is 3.28. The molecule has 3 aromatic heterocycles. The summed E-state index contributed by atoms with van der Waals surface area (Å²) in [6, 6.07) is 3.91. The van der Waals surface area contributed by atoms with Gasteiger partial charge in [-0.05, 0) is 50.2 Å². The van der Waals surface area contributed by atoms with Crippen molar-refractivity contribution in [1.82, 2.24) is 24.3 Å². The average molecular weight is 363 g/mol. The summed E-state index contributed by atoms with van der Waals surface area (Å²) in [6.45, 7) is 5.89. The van der Waals surface area contributed by atoms with Gasteiger partial charge < -0.3 is 5.11 Å². The SMILES string of the molecule is C=CCn1c(=O)c2cnc(C)nc2n1-c1ccc2c(n1)C(O)(C1CC1)CC2. The normalized spacial score (nSPS) is 21.6. The zero-order valence-electron chi connectivity index (χ0n) is 15.2. The molecular weight excluding hydrogens is 342 g/mol. The summed E-state index contributed by atoms with van der Waals surface area (Å²) in [6.07, 6.45) is 6.87. The van der Waals surface area contributed by atoms with Crippen LogP contribution in [0, 0.1) is 12.8 Å². The van der Waals surface area contributed by atoms with Crippen molar-refractivity contribution >= 4 is 11.0 Å². The Morgan fingerprint density at radius 1 is 1.37 bits per heavy atom. The highest BCUT2D eigenvalue weighted by atomic mass is 16.3. The number of aryl methyl sites for hydroxylation is 2. The number of pyridine rings is 1. The zero-order chi connectivity index (χ0) is 18.8. The van der Waals surface area contributed by atoms with Crippen LogP contribution in [0.2, 0.25) is 0 Å². The lowest BCUT2D eigenvalue weighted by atomic mass is 9.95. The molecular formula is C20H21N5O2. The number of allylic oxidation sites excluding steroid dienone is 1. The molecule has 0 radical (unpaired) electrons. The highest BCUT2D eigenvalue weighted by molar-refractivity contribution is 5.75. The zero-order valence-corrected chi connectivity index (χ0v) is 15.2. The minimum absolute atomic E-state index is 0.176. The standard InChI is InChI=1S/C20H21N5O2/c1-3-10-24-19(26)15-11-21-12(2)22-18(15)25(24)16-7-4-13-8-9-20(27,14-5-6-14)17(13)23-16/h3-4,7,11,14,27H,1,5-6,8-10H2,2H3. The smallest absolute Gasteiger partial charge is 0.278 e. The van der Waals surface area contributed by atoms with E-state index in [0.717, 1.165) is 36.9 Å². The molecule has 1 atom stereocenters. The molecule has 1 unspecified atom stereocenters. The predicted molar refractivity (Wildman–Crippen MR) is 101 cm³/mol. The van der Waals surface area contributed by atoms with Gasteiger partial charge in [-0.2, -0.15) is 0 Å². The minimum Gasteiger partial charge on any atom is -0.383 e. The molecule has 0 spiro atoms. The predicted octanol–water partition coefficient (Wildman–Crippen LogP) is 2.02. The Kier molecular flexibility index (Phi) is 3.40. The van der Waals surface area contributed by atoms with Crippen molar-refractivity contribution in [2.75, 3.05) is 0 Å². The second-order valence-corrected chi connectivity index (χ2v) is 7.52. The van der Waals surface area contributed by atoms with E-state index in [1.165, 1.54) is 0 Å². The first kappa shape index (κ1) is 16.4. The van der Waals surface area contributed by atoms with Crippen LogP contribution in [0.3, 0.4) is 0 Å².